The van der Waals surface area contributed by atoms with Crippen molar-refractivity contribution in [3.8, 4) is 11.3 Å². The summed E-state index contributed by atoms with van der Waals surface area (Å²) in [4.78, 5) is 16.7. The number of benzene rings is 2. The molecule has 0 aliphatic rings. The van der Waals surface area contributed by atoms with Crippen LogP contribution < -0.4 is 5.32 Å². The van der Waals surface area contributed by atoms with E-state index in [1.165, 1.54) is 29.5 Å². The van der Waals surface area contributed by atoms with Crippen molar-refractivity contribution in [1.29, 1.82) is 0 Å². The van der Waals surface area contributed by atoms with Crippen molar-refractivity contribution in [2.45, 2.75) is 18.4 Å². The number of carbonyl (C=O) groups excluding carboxylic acids is 1. The molecule has 4 aromatic rings. The summed E-state index contributed by atoms with van der Waals surface area (Å²) in [5.41, 5.74) is 4.11. The molecule has 0 radical (unpaired) electrons. The molecule has 8 heteroatoms. The first-order chi connectivity index (χ1) is 14.5. The molecule has 152 valence electrons. The van der Waals surface area contributed by atoms with Crippen LogP contribution >= 0.6 is 27.7 Å². The highest BCUT2D eigenvalue weighted by molar-refractivity contribution is 9.10. The summed E-state index contributed by atoms with van der Waals surface area (Å²) in [6, 6.07) is 14.8. The average molecular weight is 485 g/mol. The van der Waals surface area contributed by atoms with Gasteiger partial charge in [-0.1, -0.05) is 58.9 Å². The molecule has 1 N–H and O–H groups in total. The fraction of sp³-hybridized carbons (Fsp3) is 0.136. The number of thioether (sulfide) groups is 1. The first kappa shape index (κ1) is 20.6. The first-order valence-corrected chi connectivity index (χ1v) is 11.1. The van der Waals surface area contributed by atoms with Crippen LogP contribution in [0.1, 0.15) is 12.5 Å². The van der Waals surface area contributed by atoms with Crippen LogP contribution in [0.4, 0.5) is 10.1 Å². The number of rotatable bonds is 6. The smallest absolute Gasteiger partial charge is 0.234 e. The van der Waals surface area contributed by atoms with E-state index in [2.05, 4.69) is 62.5 Å². The van der Waals surface area contributed by atoms with E-state index in [9.17, 15) is 9.18 Å². The van der Waals surface area contributed by atoms with E-state index in [0.29, 0.717) is 9.50 Å². The minimum atomic E-state index is -0.488. The third-order valence-electron chi connectivity index (χ3n) is 4.56. The zero-order valence-electron chi connectivity index (χ0n) is 16.1. The van der Waals surface area contributed by atoms with Crippen molar-refractivity contribution < 1.29 is 9.18 Å². The van der Waals surface area contributed by atoms with Gasteiger partial charge in [0.25, 0.3) is 0 Å². The molecule has 0 unspecified atom stereocenters. The van der Waals surface area contributed by atoms with Crippen LogP contribution in [0.3, 0.4) is 0 Å². The Balaban J connectivity index is 1.50. The van der Waals surface area contributed by atoms with Gasteiger partial charge in [0.15, 0.2) is 0 Å². The van der Waals surface area contributed by atoms with Gasteiger partial charge in [-0.25, -0.2) is 13.9 Å². The summed E-state index contributed by atoms with van der Waals surface area (Å²) < 4.78 is 16.3. The van der Waals surface area contributed by atoms with Crippen molar-refractivity contribution in [1.82, 2.24) is 14.6 Å². The molecule has 2 aromatic heterocycles. The molecule has 2 heterocycles. The maximum Gasteiger partial charge on any atom is 0.234 e. The van der Waals surface area contributed by atoms with E-state index in [4.69, 9.17) is 0 Å². The predicted octanol–water partition coefficient (Wildman–Crippen LogP) is 5.59. The second kappa shape index (κ2) is 8.97. The highest BCUT2D eigenvalue weighted by Gasteiger charge is 2.13. The fourth-order valence-electron chi connectivity index (χ4n) is 2.97. The number of nitrogens with zero attached hydrogens (tertiary/aromatic N) is 3. The second-order valence-electron chi connectivity index (χ2n) is 6.60. The lowest BCUT2D eigenvalue weighted by atomic mass is 10.1. The number of carbonyl (C=O) groups is 1. The summed E-state index contributed by atoms with van der Waals surface area (Å²) in [6.45, 7) is 2.12. The lowest BCUT2D eigenvalue weighted by Crippen LogP contribution is -2.15. The molecule has 4 rings (SSSR count). The van der Waals surface area contributed by atoms with Crippen molar-refractivity contribution in [2.75, 3.05) is 11.1 Å². The second-order valence-corrected chi connectivity index (χ2v) is 8.48. The number of halogens is 2. The number of aryl methyl sites for hydroxylation is 1. The summed E-state index contributed by atoms with van der Waals surface area (Å²) in [5.74, 6) is -0.689. The normalized spacial score (nSPS) is 11.0. The summed E-state index contributed by atoms with van der Waals surface area (Å²) >= 11 is 4.48. The molecule has 0 aliphatic carbocycles. The number of anilines is 1. The maximum absolute atomic E-state index is 13.9. The Morgan fingerprint density at radius 2 is 2.00 bits per heavy atom. The molecule has 2 aromatic carbocycles. The summed E-state index contributed by atoms with van der Waals surface area (Å²) in [6.07, 6.45) is 4.42. The Morgan fingerprint density at radius 1 is 1.20 bits per heavy atom. The third kappa shape index (κ3) is 4.55. The molecular formula is C22H18BrFN4OS. The zero-order valence-corrected chi connectivity index (χ0v) is 18.5. The summed E-state index contributed by atoms with van der Waals surface area (Å²) in [7, 11) is 0. The van der Waals surface area contributed by atoms with Crippen LogP contribution in [0.25, 0.3) is 16.8 Å². The molecule has 0 saturated carbocycles. The molecule has 0 bridgehead atoms. The molecule has 5 nitrogen and oxygen atoms in total. The Labute approximate surface area is 185 Å². The van der Waals surface area contributed by atoms with Crippen molar-refractivity contribution in [2.24, 2.45) is 0 Å². The average Bonchev–Trinajstić information content (AvgIpc) is 3.19. The third-order valence-corrected chi connectivity index (χ3v) is 6.05. The lowest BCUT2D eigenvalue weighted by molar-refractivity contribution is -0.113. The van der Waals surface area contributed by atoms with E-state index in [0.717, 1.165) is 23.2 Å². The van der Waals surface area contributed by atoms with Gasteiger partial charge < -0.3 is 5.32 Å². The molecule has 0 atom stereocenters. The quantitative estimate of drug-likeness (QED) is 0.362. The van der Waals surface area contributed by atoms with Crippen LogP contribution in [-0.2, 0) is 11.2 Å². The number of hydrogen-bond acceptors (Lipinski definition) is 4. The van der Waals surface area contributed by atoms with Crippen molar-refractivity contribution in [3.05, 3.63) is 76.8 Å². The number of aromatic nitrogens is 3. The molecule has 30 heavy (non-hydrogen) atoms. The van der Waals surface area contributed by atoms with Crippen LogP contribution in [0.15, 0.2) is 70.4 Å². The Kier molecular flexibility index (Phi) is 6.15. The zero-order chi connectivity index (χ0) is 21.1. The monoisotopic (exact) mass is 484 g/mol. The number of nitrogens with one attached hydrogen (secondary N) is 1. The van der Waals surface area contributed by atoms with Gasteiger partial charge in [-0.15, -0.1) is 0 Å². The van der Waals surface area contributed by atoms with Gasteiger partial charge in [0.2, 0.25) is 5.91 Å². The maximum atomic E-state index is 13.9. The number of hydrogen-bond donors (Lipinski definition) is 1. The molecule has 0 fully saturated rings. The first-order valence-electron chi connectivity index (χ1n) is 9.35. The lowest BCUT2D eigenvalue weighted by Gasteiger charge is -2.07. The van der Waals surface area contributed by atoms with Crippen LogP contribution in [0.5, 0.6) is 0 Å². The van der Waals surface area contributed by atoms with E-state index < -0.39 is 5.82 Å². The van der Waals surface area contributed by atoms with Gasteiger partial charge >= 0.3 is 0 Å². The van der Waals surface area contributed by atoms with E-state index in [1.807, 2.05) is 6.07 Å². The minimum absolute atomic E-state index is 0.105. The van der Waals surface area contributed by atoms with Gasteiger partial charge in [-0.2, -0.15) is 5.10 Å². The van der Waals surface area contributed by atoms with Gasteiger partial charge in [-0.3, -0.25) is 4.79 Å². The largest absolute Gasteiger partial charge is 0.323 e. The highest BCUT2D eigenvalue weighted by Crippen LogP contribution is 2.27. The Hall–Kier alpha value is -2.71. The molecule has 0 aliphatic heterocycles. The molecular weight excluding hydrogens is 467 g/mol. The van der Waals surface area contributed by atoms with Crippen molar-refractivity contribution in [3.63, 3.8) is 0 Å². The number of amides is 1. The van der Waals surface area contributed by atoms with Gasteiger partial charge in [-0.05, 0) is 36.2 Å². The standard InChI is InChI=1S/C22H18BrFN4OS/c1-2-14-3-5-15(6-4-14)19-12-20-22(25-9-10-28(20)27-19)30-13-21(29)26-18-8-7-16(23)11-17(18)24/h3-12H,2,13H2,1H3,(H,26,29). The molecule has 0 spiro atoms. The predicted molar refractivity (Wildman–Crippen MR) is 121 cm³/mol. The Bertz CT molecular complexity index is 1210. The minimum Gasteiger partial charge on any atom is -0.323 e. The van der Waals surface area contributed by atoms with Gasteiger partial charge in [0.1, 0.15) is 10.8 Å². The van der Waals surface area contributed by atoms with E-state index in [-0.39, 0.29) is 17.3 Å². The van der Waals surface area contributed by atoms with E-state index >= 15 is 0 Å². The van der Waals surface area contributed by atoms with E-state index in [1.54, 1.807) is 23.0 Å². The Morgan fingerprint density at radius 3 is 2.73 bits per heavy atom. The molecule has 1 amide bonds. The van der Waals surface area contributed by atoms with Crippen LogP contribution in [-0.4, -0.2) is 26.3 Å². The fourth-order valence-corrected chi connectivity index (χ4v) is 4.08. The number of fused-ring (bicyclic) bond motifs is 1. The highest BCUT2D eigenvalue weighted by atomic mass is 79.9. The van der Waals surface area contributed by atoms with Crippen LogP contribution in [0.2, 0.25) is 0 Å². The van der Waals surface area contributed by atoms with Crippen LogP contribution in [0, 0.1) is 5.82 Å². The van der Waals surface area contributed by atoms with Crippen molar-refractivity contribution >= 4 is 44.8 Å². The topological polar surface area (TPSA) is 59.3 Å². The molecule has 0 saturated heterocycles. The summed E-state index contributed by atoms with van der Waals surface area (Å²) in [5, 5.41) is 7.90. The van der Waals surface area contributed by atoms with Gasteiger partial charge in [0.05, 0.1) is 22.7 Å². The van der Waals surface area contributed by atoms with Gasteiger partial charge in [0, 0.05) is 22.4 Å². The SMILES string of the molecule is CCc1ccc(-c2cc3c(SCC(=O)Nc4ccc(Br)cc4F)nccn3n2)cc1.